The van der Waals surface area contributed by atoms with Gasteiger partial charge < -0.3 is 10.5 Å². The first kappa shape index (κ1) is 15.9. The number of ether oxygens (including phenoxy) is 1. The van der Waals surface area contributed by atoms with E-state index in [0.717, 1.165) is 12.8 Å². The molecule has 0 spiro atoms. The maximum Gasteiger partial charge on any atom is 0.165 e. The van der Waals surface area contributed by atoms with E-state index in [1.807, 2.05) is 0 Å². The Balaban J connectivity index is 2.59. The molecule has 0 saturated carbocycles. The van der Waals surface area contributed by atoms with Crippen LogP contribution in [-0.4, -0.2) is 11.6 Å². The monoisotopic (exact) mass is 283 g/mol. The second kappa shape index (κ2) is 8.10. The van der Waals surface area contributed by atoms with E-state index in [-0.39, 0.29) is 10.7 Å². The third-order valence-electron chi connectivity index (χ3n) is 3.23. The van der Waals surface area contributed by atoms with Crippen molar-refractivity contribution in [1.82, 2.24) is 0 Å². The molecule has 4 heteroatoms. The fourth-order valence-corrected chi connectivity index (χ4v) is 2.00. The van der Waals surface area contributed by atoms with Crippen LogP contribution >= 0.6 is 12.2 Å². The van der Waals surface area contributed by atoms with Gasteiger partial charge in [0.15, 0.2) is 11.6 Å². The van der Waals surface area contributed by atoms with Crippen molar-refractivity contribution in [2.24, 2.45) is 11.7 Å². The highest BCUT2D eigenvalue weighted by atomic mass is 32.1. The number of unbranched alkanes of at least 4 members (excludes halogenated alkanes) is 1. The van der Waals surface area contributed by atoms with Crippen LogP contribution in [0.15, 0.2) is 18.2 Å². The molecule has 0 aliphatic carbocycles. The Morgan fingerprint density at radius 1 is 1.42 bits per heavy atom. The minimum atomic E-state index is -0.407. The molecule has 106 valence electrons. The molecule has 0 aliphatic rings. The first-order valence-corrected chi connectivity index (χ1v) is 7.21. The van der Waals surface area contributed by atoms with E-state index >= 15 is 0 Å². The number of halogens is 1. The molecule has 0 saturated heterocycles. The highest BCUT2D eigenvalue weighted by molar-refractivity contribution is 7.80. The molecule has 1 rings (SSSR count). The lowest BCUT2D eigenvalue weighted by atomic mass is 10.0. The van der Waals surface area contributed by atoms with Crippen molar-refractivity contribution in [3.63, 3.8) is 0 Å². The summed E-state index contributed by atoms with van der Waals surface area (Å²) in [7, 11) is 0. The van der Waals surface area contributed by atoms with Gasteiger partial charge in [0, 0.05) is 5.56 Å². The summed E-state index contributed by atoms with van der Waals surface area (Å²) < 4.78 is 19.3. The number of thiocarbonyl (C=S) groups is 1. The molecule has 0 radical (unpaired) electrons. The first-order valence-electron chi connectivity index (χ1n) is 6.80. The summed E-state index contributed by atoms with van der Waals surface area (Å²) in [6.07, 6.45) is 4.53. The Hall–Kier alpha value is -1.16. The zero-order valence-corrected chi connectivity index (χ0v) is 12.4. The van der Waals surface area contributed by atoms with Gasteiger partial charge in [-0.1, -0.05) is 45.3 Å². The molecule has 1 atom stereocenters. The predicted octanol–water partition coefficient (Wildman–Crippen LogP) is 4.06. The molecule has 2 nitrogen and oxygen atoms in total. The molecule has 0 aromatic heterocycles. The lowest BCUT2D eigenvalue weighted by Gasteiger charge is -2.16. The van der Waals surface area contributed by atoms with Crippen LogP contribution in [0.4, 0.5) is 4.39 Å². The predicted molar refractivity (Wildman–Crippen MR) is 81.1 cm³/mol. The Labute approximate surface area is 120 Å². The second-order valence-corrected chi connectivity index (χ2v) is 5.18. The quantitative estimate of drug-likeness (QED) is 0.731. The number of rotatable bonds is 8. The lowest BCUT2D eigenvalue weighted by molar-refractivity contribution is 0.225. The van der Waals surface area contributed by atoms with Crippen LogP contribution in [0.5, 0.6) is 5.75 Å². The Bertz CT molecular complexity index is 423. The molecule has 0 fully saturated rings. The van der Waals surface area contributed by atoms with Gasteiger partial charge in [-0.2, -0.15) is 0 Å². The van der Waals surface area contributed by atoms with Crippen LogP contribution in [0.25, 0.3) is 0 Å². The molecule has 0 amide bonds. The van der Waals surface area contributed by atoms with Crippen LogP contribution in [0.3, 0.4) is 0 Å². The third kappa shape index (κ3) is 5.15. The van der Waals surface area contributed by atoms with Crippen LogP contribution in [0.1, 0.15) is 45.1 Å². The maximum atomic E-state index is 13.8. The number of hydrogen-bond acceptors (Lipinski definition) is 2. The molecule has 19 heavy (non-hydrogen) atoms. The van der Waals surface area contributed by atoms with Crippen LogP contribution in [0.2, 0.25) is 0 Å². The Kier molecular flexibility index (Phi) is 6.78. The standard InChI is InChI=1S/C15H22FNOS/c1-3-5-6-11(4-2)10-18-14-8-7-12(15(17)19)9-13(14)16/h7-9,11H,3-6,10H2,1-2H3,(H2,17,19). The van der Waals surface area contributed by atoms with Crippen LogP contribution in [0, 0.1) is 11.7 Å². The third-order valence-corrected chi connectivity index (χ3v) is 3.47. The van der Waals surface area contributed by atoms with Crippen molar-refractivity contribution < 1.29 is 9.13 Å². The largest absolute Gasteiger partial charge is 0.490 e. The molecule has 0 bridgehead atoms. The highest BCUT2D eigenvalue weighted by Gasteiger charge is 2.10. The number of benzene rings is 1. The minimum Gasteiger partial charge on any atom is -0.490 e. The van der Waals surface area contributed by atoms with Crippen molar-refractivity contribution >= 4 is 17.2 Å². The van der Waals surface area contributed by atoms with Gasteiger partial charge in [0.2, 0.25) is 0 Å². The van der Waals surface area contributed by atoms with E-state index in [1.54, 1.807) is 12.1 Å². The van der Waals surface area contributed by atoms with Crippen molar-refractivity contribution in [3.05, 3.63) is 29.6 Å². The summed E-state index contributed by atoms with van der Waals surface area (Å²) in [5, 5.41) is 0. The average Bonchev–Trinajstić information content (AvgIpc) is 2.40. The normalized spacial score (nSPS) is 12.2. The van der Waals surface area contributed by atoms with E-state index in [9.17, 15) is 4.39 Å². The first-order chi connectivity index (χ1) is 9.08. The Morgan fingerprint density at radius 2 is 2.16 bits per heavy atom. The smallest absolute Gasteiger partial charge is 0.165 e. The van der Waals surface area contributed by atoms with Gasteiger partial charge in [0.1, 0.15) is 4.99 Å². The van der Waals surface area contributed by atoms with E-state index in [4.69, 9.17) is 22.7 Å². The van der Waals surface area contributed by atoms with E-state index in [1.165, 1.54) is 18.9 Å². The summed E-state index contributed by atoms with van der Waals surface area (Å²) in [6.45, 7) is 4.86. The molecule has 0 aliphatic heterocycles. The molecule has 1 unspecified atom stereocenters. The van der Waals surface area contributed by atoms with Crippen molar-refractivity contribution in [2.75, 3.05) is 6.61 Å². The van der Waals surface area contributed by atoms with Gasteiger partial charge in [0.05, 0.1) is 6.61 Å². The average molecular weight is 283 g/mol. The van der Waals surface area contributed by atoms with Crippen molar-refractivity contribution in [3.8, 4) is 5.75 Å². The molecule has 0 heterocycles. The molecule has 2 N–H and O–H groups in total. The zero-order chi connectivity index (χ0) is 14.3. The van der Waals surface area contributed by atoms with Crippen LogP contribution < -0.4 is 10.5 Å². The molecular weight excluding hydrogens is 261 g/mol. The second-order valence-electron chi connectivity index (χ2n) is 4.74. The molecule has 1 aromatic rings. The summed E-state index contributed by atoms with van der Waals surface area (Å²) >= 11 is 4.81. The SMILES string of the molecule is CCCCC(CC)COc1ccc(C(N)=S)cc1F. The van der Waals surface area contributed by atoms with Gasteiger partial charge in [-0.3, -0.25) is 0 Å². The van der Waals surface area contributed by atoms with Gasteiger partial charge in [-0.15, -0.1) is 0 Å². The minimum absolute atomic E-state index is 0.194. The van der Waals surface area contributed by atoms with E-state index in [2.05, 4.69) is 13.8 Å². The van der Waals surface area contributed by atoms with Gasteiger partial charge >= 0.3 is 0 Å². The summed E-state index contributed by atoms with van der Waals surface area (Å²) in [4.78, 5) is 0.194. The molecule has 1 aromatic carbocycles. The fourth-order valence-electron chi connectivity index (χ4n) is 1.88. The van der Waals surface area contributed by atoms with Gasteiger partial charge in [-0.05, 0) is 30.5 Å². The van der Waals surface area contributed by atoms with Crippen LogP contribution in [-0.2, 0) is 0 Å². The van der Waals surface area contributed by atoms with Crippen molar-refractivity contribution in [2.45, 2.75) is 39.5 Å². The van der Waals surface area contributed by atoms with Crippen molar-refractivity contribution in [1.29, 1.82) is 0 Å². The number of nitrogens with two attached hydrogens (primary N) is 1. The van der Waals surface area contributed by atoms with E-state index in [0.29, 0.717) is 18.1 Å². The Morgan fingerprint density at radius 3 is 2.68 bits per heavy atom. The topological polar surface area (TPSA) is 35.2 Å². The summed E-state index contributed by atoms with van der Waals surface area (Å²) in [6, 6.07) is 4.61. The maximum absolute atomic E-state index is 13.8. The number of hydrogen-bond donors (Lipinski definition) is 1. The van der Waals surface area contributed by atoms with Gasteiger partial charge in [-0.25, -0.2) is 4.39 Å². The van der Waals surface area contributed by atoms with Gasteiger partial charge in [0.25, 0.3) is 0 Å². The lowest BCUT2D eigenvalue weighted by Crippen LogP contribution is -2.13. The summed E-state index contributed by atoms with van der Waals surface area (Å²) in [5.41, 5.74) is 5.98. The fraction of sp³-hybridized carbons (Fsp3) is 0.533. The summed E-state index contributed by atoms with van der Waals surface area (Å²) in [5.74, 6) is 0.347. The highest BCUT2D eigenvalue weighted by Crippen LogP contribution is 2.21. The zero-order valence-electron chi connectivity index (χ0n) is 11.6. The van der Waals surface area contributed by atoms with E-state index < -0.39 is 5.82 Å². The molecular formula is C15H22FNOS.